The number of carbonyl (C=O) groups excluding carboxylic acids is 2. The minimum Gasteiger partial charge on any atom is -0.378 e. The predicted molar refractivity (Wildman–Crippen MR) is 117 cm³/mol. The zero-order valence-electron chi connectivity index (χ0n) is 18.2. The van der Waals surface area contributed by atoms with Gasteiger partial charge in [-0.25, -0.2) is 0 Å². The van der Waals surface area contributed by atoms with Crippen molar-refractivity contribution in [1.82, 2.24) is 24.5 Å². The number of aromatic nitrogens is 4. The number of rotatable bonds is 6. The molecule has 1 aliphatic heterocycles. The van der Waals surface area contributed by atoms with Crippen LogP contribution in [0.15, 0.2) is 30.5 Å². The molecular formula is C22H28N6O3. The summed E-state index contributed by atoms with van der Waals surface area (Å²) in [6.07, 6.45) is 2.09. The van der Waals surface area contributed by atoms with Gasteiger partial charge in [0, 0.05) is 36.8 Å². The number of anilines is 1. The first kappa shape index (κ1) is 21.0. The molecule has 3 heterocycles. The molecule has 1 aliphatic rings. The van der Waals surface area contributed by atoms with Crippen LogP contribution in [-0.2, 0) is 16.1 Å². The number of morpholine rings is 1. The Morgan fingerprint density at radius 2 is 1.87 bits per heavy atom. The molecule has 164 valence electrons. The van der Waals surface area contributed by atoms with Crippen molar-refractivity contribution in [3.63, 3.8) is 0 Å². The molecule has 3 aromatic rings. The van der Waals surface area contributed by atoms with E-state index < -0.39 is 0 Å². The van der Waals surface area contributed by atoms with Gasteiger partial charge in [-0.15, -0.1) is 0 Å². The van der Waals surface area contributed by atoms with Crippen LogP contribution in [0.4, 0.5) is 5.69 Å². The number of hydrogen-bond acceptors (Lipinski definition) is 5. The van der Waals surface area contributed by atoms with E-state index in [-0.39, 0.29) is 24.3 Å². The van der Waals surface area contributed by atoms with Crippen LogP contribution in [0.1, 0.15) is 42.4 Å². The largest absolute Gasteiger partial charge is 0.378 e. The van der Waals surface area contributed by atoms with Crippen LogP contribution in [0.3, 0.4) is 0 Å². The molecule has 0 aliphatic carbocycles. The maximum Gasteiger partial charge on any atom is 0.254 e. The average molecular weight is 425 g/mol. The van der Waals surface area contributed by atoms with Gasteiger partial charge in [0.2, 0.25) is 5.91 Å². The molecule has 31 heavy (non-hydrogen) atoms. The quantitative estimate of drug-likeness (QED) is 0.656. The van der Waals surface area contributed by atoms with Crippen molar-refractivity contribution in [1.29, 1.82) is 0 Å². The maximum atomic E-state index is 12.5. The Bertz CT molecular complexity index is 1080. The number of aryl methyl sites for hydroxylation is 2. The fourth-order valence-corrected chi connectivity index (χ4v) is 3.82. The summed E-state index contributed by atoms with van der Waals surface area (Å²) in [5, 5.41) is 11.9. The number of nitrogens with zero attached hydrogens (tertiary/aromatic N) is 5. The van der Waals surface area contributed by atoms with Crippen molar-refractivity contribution in [2.75, 3.05) is 31.6 Å². The van der Waals surface area contributed by atoms with Gasteiger partial charge in [-0.05, 0) is 45.0 Å². The van der Waals surface area contributed by atoms with Crippen molar-refractivity contribution in [3.8, 4) is 0 Å². The molecule has 2 amide bonds. The first-order chi connectivity index (χ1) is 14.9. The Hall–Kier alpha value is -3.20. The molecule has 1 aromatic carbocycles. The van der Waals surface area contributed by atoms with Crippen LogP contribution in [-0.4, -0.2) is 62.6 Å². The van der Waals surface area contributed by atoms with Gasteiger partial charge in [-0.2, -0.15) is 10.2 Å². The number of amides is 2. The van der Waals surface area contributed by atoms with E-state index in [0.29, 0.717) is 44.1 Å². The van der Waals surface area contributed by atoms with Gasteiger partial charge >= 0.3 is 0 Å². The molecule has 0 radical (unpaired) electrons. The monoisotopic (exact) mass is 424 g/mol. The summed E-state index contributed by atoms with van der Waals surface area (Å²) in [6, 6.07) is 7.25. The second kappa shape index (κ2) is 8.89. The SMILES string of the molecule is Cc1nn(C(C)C)c2cnn(CCC(=O)Nc3ccc(C(=O)N4CCOCC4)cc3)c12. The Morgan fingerprint density at radius 3 is 2.55 bits per heavy atom. The third kappa shape index (κ3) is 4.46. The van der Waals surface area contributed by atoms with Crippen molar-refractivity contribution in [2.24, 2.45) is 0 Å². The van der Waals surface area contributed by atoms with Crippen LogP contribution in [0.5, 0.6) is 0 Å². The standard InChI is InChI=1S/C22H28N6O3/c1-15(2)28-19-14-23-27(21(19)16(3)25-28)9-8-20(29)24-18-6-4-17(5-7-18)22(30)26-10-12-31-13-11-26/h4-7,14-15H,8-13H2,1-3H3,(H,24,29). The average Bonchev–Trinajstić information content (AvgIpc) is 3.34. The van der Waals surface area contributed by atoms with Crippen LogP contribution in [0.25, 0.3) is 11.0 Å². The zero-order chi connectivity index (χ0) is 22.0. The maximum absolute atomic E-state index is 12.5. The highest BCUT2D eigenvalue weighted by molar-refractivity contribution is 5.96. The Kier molecular flexibility index (Phi) is 6.03. The van der Waals surface area contributed by atoms with E-state index in [9.17, 15) is 9.59 Å². The van der Waals surface area contributed by atoms with E-state index in [1.54, 1.807) is 35.4 Å². The Balaban J connectivity index is 1.35. The fraction of sp³-hybridized carbons (Fsp3) is 0.455. The molecule has 2 aromatic heterocycles. The van der Waals surface area contributed by atoms with E-state index in [2.05, 4.69) is 29.4 Å². The molecule has 0 atom stereocenters. The fourth-order valence-electron chi connectivity index (χ4n) is 3.82. The topological polar surface area (TPSA) is 94.3 Å². The minimum atomic E-state index is -0.107. The van der Waals surface area contributed by atoms with Crippen molar-refractivity contribution >= 4 is 28.5 Å². The van der Waals surface area contributed by atoms with Crippen molar-refractivity contribution in [2.45, 2.75) is 39.8 Å². The van der Waals surface area contributed by atoms with E-state index in [4.69, 9.17) is 4.74 Å². The molecule has 1 fully saturated rings. The molecule has 0 saturated carbocycles. The summed E-state index contributed by atoms with van der Waals surface area (Å²) in [5.41, 5.74) is 4.12. The molecule has 1 N–H and O–H groups in total. The highest BCUT2D eigenvalue weighted by Gasteiger charge is 2.19. The van der Waals surface area contributed by atoms with Crippen molar-refractivity contribution in [3.05, 3.63) is 41.7 Å². The number of benzene rings is 1. The first-order valence-electron chi connectivity index (χ1n) is 10.6. The summed E-state index contributed by atoms with van der Waals surface area (Å²) in [7, 11) is 0. The molecule has 9 nitrogen and oxygen atoms in total. The Morgan fingerprint density at radius 1 is 1.16 bits per heavy atom. The smallest absolute Gasteiger partial charge is 0.254 e. The van der Waals surface area contributed by atoms with Crippen LogP contribution in [0.2, 0.25) is 0 Å². The van der Waals surface area contributed by atoms with Crippen molar-refractivity contribution < 1.29 is 14.3 Å². The first-order valence-corrected chi connectivity index (χ1v) is 10.6. The lowest BCUT2D eigenvalue weighted by Gasteiger charge is -2.26. The van der Waals surface area contributed by atoms with Crippen LogP contribution >= 0.6 is 0 Å². The van der Waals surface area contributed by atoms with Gasteiger partial charge in [0.15, 0.2) is 0 Å². The summed E-state index contributed by atoms with van der Waals surface area (Å²) in [4.78, 5) is 26.7. The molecule has 9 heteroatoms. The molecule has 0 unspecified atom stereocenters. The van der Waals surface area contributed by atoms with Gasteiger partial charge < -0.3 is 15.0 Å². The third-order valence-electron chi connectivity index (χ3n) is 5.42. The molecule has 4 rings (SSSR count). The lowest BCUT2D eigenvalue weighted by molar-refractivity contribution is -0.116. The van der Waals surface area contributed by atoms with Crippen LogP contribution < -0.4 is 5.32 Å². The molecule has 0 bridgehead atoms. The lowest BCUT2D eigenvalue weighted by Crippen LogP contribution is -2.40. The molecular weight excluding hydrogens is 396 g/mol. The van der Waals surface area contributed by atoms with Gasteiger partial charge in [0.1, 0.15) is 11.0 Å². The van der Waals surface area contributed by atoms with Gasteiger partial charge in [-0.3, -0.25) is 19.0 Å². The van der Waals surface area contributed by atoms with E-state index in [1.165, 1.54) is 0 Å². The van der Waals surface area contributed by atoms with Gasteiger partial charge in [0.25, 0.3) is 5.91 Å². The number of fused-ring (bicyclic) bond motifs is 1. The molecule has 1 saturated heterocycles. The zero-order valence-corrected chi connectivity index (χ0v) is 18.2. The summed E-state index contributed by atoms with van der Waals surface area (Å²) < 4.78 is 9.07. The summed E-state index contributed by atoms with van der Waals surface area (Å²) in [5.74, 6) is -0.119. The predicted octanol–water partition coefficient (Wildman–Crippen LogP) is 2.62. The van der Waals surface area contributed by atoms with Crippen LogP contribution in [0, 0.1) is 6.92 Å². The minimum absolute atomic E-state index is 0.0128. The number of ether oxygens (including phenoxy) is 1. The van der Waals surface area contributed by atoms with E-state index in [1.807, 2.05) is 16.3 Å². The van der Waals surface area contributed by atoms with E-state index in [0.717, 1.165) is 16.7 Å². The van der Waals surface area contributed by atoms with Gasteiger partial charge in [0.05, 0.1) is 31.6 Å². The third-order valence-corrected chi connectivity index (χ3v) is 5.42. The second-order valence-electron chi connectivity index (χ2n) is 8.01. The normalized spacial score (nSPS) is 14.4. The highest BCUT2D eigenvalue weighted by Crippen LogP contribution is 2.21. The lowest BCUT2D eigenvalue weighted by atomic mass is 10.1. The van der Waals surface area contributed by atoms with E-state index >= 15 is 0 Å². The molecule has 0 spiro atoms. The summed E-state index contributed by atoms with van der Waals surface area (Å²) >= 11 is 0. The highest BCUT2D eigenvalue weighted by atomic mass is 16.5. The Labute approximate surface area is 181 Å². The number of hydrogen-bond donors (Lipinski definition) is 1. The number of nitrogens with one attached hydrogen (secondary N) is 1. The van der Waals surface area contributed by atoms with Gasteiger partial charge in [-0.1, -0.05) is 0 Å². The number of carbonyl (C=O) groups is 2. The second-order valence-corrected chi connectivity index (χ2v) is 8.01. The summed E-state index contributed by atoms with van der Waals surface area (Å²) in [6.45, 7) is 8.93.